The van der Waals surface area contributed by atoms with Crippen molar-refractivity contribution in [2.45, 2.75) is 245 Å². The van der Waals surface area contributed by atoms with Crippen molar-refractivity contribution >= 4 is 22.6 Å². The number of unbranched alkanes of at least 4 members (excludes halogenated alkanes) is 2. The van der Waals surface area contributed by atoms with E-state index in [0.717, 1.165) is 85.7 Å². The zero-order valence-corrected chi connectivity index (χ0v) is 49.8. The van der Waals surface area contributed by atoms with E-state index >= 15 is 9.59 Å². The number of aliphatic hydroxyl groups excluding tert-OH is 3. The number of carbonyl (C=O) groups is 2. The van der Waals surface area contributed by atoms with Crippen LogP contribution in [0, 0.1) is 56.2 Å². The number of allylic oxidation sites excluding steroid dienone is 1. The number of fused-ring (bicyclic) bond motifs is 5. The van der Waals surface area contributed by atoms with Gasteiger partial charge in [-0.2, -0.15) is 0 Å². The quantitative estimate of drug-likeness (QED) is 0.0680. The van der Waals surface area contributed by atoms with Crippen LogP contribution < -0.4 is 5.32 Å². The van der Waals surface area contributed by atoms with Crippen LogP contribution in [0.25, 0.3) is 11.0 Å². The summed E-state index contributed by atoms with van der Waals surface area (Å²) in [5, 5.41) is 54.4. The van der Waals surface area contributed by atoms with Crippen molar-refractivity contribution in [2.75, 3.05) is 26.8 Å². The molecule has 12 rings (SSSR count). The summed E-state index contributed by atoms with van der Waals surface area (Å²) >= 11 is 0. The molecule has 1 aromatic carbocycles. The van der Waals surface area contributed by atoms with Crippen molar-refractivity contribution in [2.24, 2.45) is 56.2 Å². The van der Waals surface area contributed by atoms with Gasteiger partial charge >= 0.3 is 0 Å². The molecule has 5 saturated carbocycles. The predicted molar refractivity (Wildman–Crippen MR) is 310 cm³/mol. The van der Waals surface area contributed by atoms with Crippen LogP contribution in [0.15, 0.2) is 41.7 Å². The molecule has 14 unspecified atom stereocenters. The molecule has 434 valence electrons. The Morgan fingerprint density at radius 1 is 0.911 bits per heavy atom. The second-order valence-electron chi connectivity index (χ2n) is 29.8. The van der Waals surface area contributed by atoms with Gasteiger partial charge in [-0.1, -0.05) is 98.3 Å². The Balaban J connectivity index is 1.06. The third kappa shape index (κ3) is 8.52. The number of ether oxygens (including phenoxy) is 2. The van der Waals surface area contributed by atoms with Gasteiger partial charge in [0.15, 0.2) is 5.78 Å². The summed E-state index contributed by atoms with van der Waals surface area (Å²) in [5.41, 5.74) is 5.19. The van der Waals surface area contributed by atoms with Crippen LogP contribution in [0.1, 0.15) is 218 Å². The maximum absolute atomic E-state index is 16.6. The normalized spacial score (nSPS) is 40.2. The van der Waals surface area contributed by atoms with E-state index < -0.39 is 67.9 Å². The Hall–Kier alpha value is -3.16. The topological polar surface area (TPSA) is 170 Å². The minimum atomic E-state index is -0.938. The van der Waals surface area contributed by atoms with Gasteiger partial charge in [-0.3, -0.25) is 9.59 Å². The highest BCUT2D eigenvalue weighted by Crippen LogP contribution is 2.81. The van der Waals surface area contributed by atoms with Crippen molar-refractivity contribution in [3.05, 3.63) is 69.6 Å². The fraction of sp³-hybridized carbons (Fsp3) is 0.765. The van der Waals surface area contributed by atoms with Crippen LogP contribution in [-0.4, -0.2) is 98.4 Å². The van der Waals surface area contributed by atoms with Gasteiger partial charge in [-0.05, 0) is 177 Å². The molecule has 2 saturated heterocycles. The first kappa shape index (κ1) is 56.3. The van der Waals surface area contributed by atoms with Crippen molar-refractivity contribution in [1.82, 2.24) is 14.9 Å². The molecule has 0 amide bonds. The maximum Gasteiger partial charge on any atom is 0.163 e. The lowest BCUT2D eigenvalue weighted by atomic mass is 9.29. The lowest BCUT2D eigenvalue weighted by molar-refractivity contribution is -0.267. The number of Topliss-reactive ketones (excluding diaryl/α,β-unsaturated/α-hetero) is 2. The van der Waals surface area contributed by atoms with E-state index in [1.807, 2.05) is 20.9 Å². The summed E-state index contributed by atoms with van der Waals surface area (Å²) in [6, 6.07) is 7.01. The first-order valence-corrected chi connectivity index (χ1v) is 31.8. The maximum atomic E-state index is 16.6. The molecule has 14 atom stereocenters. The Kier molecular flexibility index (Phi) is 14.3. The molecule has 1 spiro atoms. The van der Waals surface area contributed by atoms with E-state index in [9.17, 15) is 20.4 Å². The zero-order valence-electron chi connectivity index (χ0n) is 49.8. The predicted octanol–water partition coefficient (Wildman–Crippen LogP) is 11.7. The fourth-order valence-electron chi connectivity index (χ4n) is 20.8. The molecule has 6 aliphatic carbocycles. The molecular formula is C68H99N3O8. The minimum absolute atomic E-state index is 0.0201. The number of hydrogen-bond donors (Lipinski definition) is 6. The molecule has 2 aromatic heterocycles. The highest BCUT2D eigenvalue weighted by molar-refractivity contribution is 6.03. The smallest absolute Gasteiger partial charge is 0.163 e. The lowest BCUT2D eigenvalue weighted by Crippen LogP contribution is -2.73. The third-order valence-corrected chi connectivity index (χ3v) is 25.2. The van der Waals surface area contributed by atoms with E-state index in [1.165, 1.54) is 54.4 Å². The molecule has 0 bridgehead atoms. The van der Waals surface area contributed by atoms with Crippen molar-refractivity contribution < 1.29 is 39.5 Å². The minimum Gasteiger partial charge on any atom is -0.393 e. The van der Waals surface area contributed by atoms with Crippen LogP contribution in [-0.2, 0) is 44.1 Å². The molecule has 6 N–H and O–H groups in total. The molecule has 0 radical (unpaired) electrons. The summed E-state index contributed by atoms with van der Waals surface area (Å²) in [4.78, 5) is 35.6. The Labute approximate surface area is 472 Å². The summed E-state index contributed by atoms with van der Waals surface area (Å²) in [5.74, 6) is -0.0467. The van der Waals surface area contributed by atoms with Crippen molar-refractivity contribution in [3.63, 3.8) is 0 Å². The van der Waals surface area contributed by atoms with Crippen LogP contribution in [0.3, 0.4) is 0 Å². The van der Waals surface area contributed by atoms with Gasteiger partial charge < -0.3 is 44.8 Å². The van der Waals surface area contributed by atoms with Crippen LogP contribution in [0.2, 0.25) is 0 Å². The van der Waals surface area contributed by atoms with Crippen LogP contribution >= 0.6 is 0 Å². The molecule has 79 heavy (non-hydrogen) atoms. The van der Waals surface area contributed by atoms with Gasteiger partial charge in [0.05, 0.1) is 40.5 Å². The van der Waals surface area contributed by atoms with E-state index in [2.05, 4.69) is 87.0 Å². The van der Waals surface area contributed by atoms with Gasteiger partial charge in [0.1, 0.15) is 11.9 Å². The molecule has 3 aromatic rings. The number of aliphatic hydroxyl groups is 4. The number of aromatic nitrogens is 2. The average Bonchev–Trinajstić information content (AvgIpc) is 2.23. The number of rotatable bonds is 14. The largest absolute Gasteiger partial charge is 0.393 e. The zero-order chi connectivity index (χ0) is 55.9. The Morgan fingerprint density at radius 2 is 1.66 bits per heavy atom. The van der Waals surface area contributed by atoms with E-state index in [-0.39, 0.29) is 29.6 Å². The van der Waals surface area contributed by atoms with E-state index in [4.69, 9.17) is 9.47 Å². The standard InChI is InChI=1S/C68H99N3O8/c1-10-11-13-18-49-58(76)54-53-48(57(75)59-64(6,65(49,53)7)23-21-51-63(5,25-28-69-9)52(74)37-67(66(51,59)8)24-20-47(72)35-67)40-71-39-45(55-56(71)43(38-70-55)19-22-62(54,4)36-50(73)60-61(2,3)79-60)32-41-31-44(42-16-14-12-15-17-42)34-46(33-41)68(77)26-29-78-30-27-68/h31,33-34,38-39,42,47-51,57,59-60,69-70,72-73,75,77H,10-30,32,35-37,40H2,1-9H3. The second-order valence-corrected chi connectivity index (χ2v) is 29.8. The molecule has 11 nitrogen and oxygen atoms in total. The first-order chi connectivity index (χ1) is 37.5. The molecular weight excluding hydrogens is 987 g/mol. The first-order valence-electron chi connectivity index (χ1n) is 31.8. The number of nitrogens with zero attached hydrogens (tertiary/aromatic N) is 1. The van der Waals surface area contributed by atoms with E-state index in [1.54, 1.807) is 0 Å². The van der Waals surface area contributed by atoms with E-state index in [0.29, 0.717) is 89.2 Å². The molecule has 5 heterocycles. The van der Waals surface area contributed by atoms with Crippen molar-refractivity contribution in [1.29, 1.82) is 0 Å². The summed E-state index contributed by atoms with van der Waals surface area (Å²) in [6.45, 7) is 20.5. The highest BCUT2D eigenvalue weighted by Gasteiger charge is 2.79. The van der Waals surface area contributed by atoms with Gasteiger partial charge in [0, 0.05) is 86.1 Å². The molecule has 3 aliphatic heterocycles. The van der Waals surface area contributed by atoms with Gasteiger partial charge in [0.25, 0.3) is 0 Å². The van der Waals surface area contributed by atoms with Gasteiger partial charge in [-0.15, -0.1) is 0 Å². The number of aryl methyl sites for hydroxylation is 1. The number of H-pyrrole nitrogens is 1. The summed E-state index contributed by atoms with van der Waals surface area (Å²) in [6.07, 6.45) is 20.2. The number of carbonyl (C=O) groups excluding carboxylic acids is 2. The number of benzene rings is 1. The second kappa shape index (κ2) is 20.0. The monoisotopic (exact) mass is 1090 g/mol. The van der Waals surface area contributed by atoms with Crippen LogP contribution in [0.4, 0.5) is 0 Å². The average molecular weight is 1090 g/mol. The van der Waals surface area contributed by atoms with Gasteiger partial charge in [-0.25, -0.2) is 0 Å². The summed E-state index contributed by atoms with van der Waals surface area (Å²) < 4.78 is 14.5. The molecule has 9 aliphatic rings. The Morgan fingerprint density at radius 3 is 2.34 bits per heavy atom. The lowest BCUT2D eigenvalue weighted by Gasteiger charge is -2.74. The number of nitrogens with one attached hydrogen (secondary N) is 2. The number of hydrogen-bond acceptors (Lipinski definition) is 9. The third-order valence-electron chi connectivity index (χ3n) is 25.2. The molecule has 7 fully saturated rings. The van der Waals surface area contributed by atoms with Crippen LogP contribution in [0.5, 0.6) is 0 Å². The fourth-order valence-corrected chi connectivity index (χ4v) is 20.8. The summed E-state index contributed by atoms with van der Waals surface area (Å²) in [7, 11) is 1.98. The molecule has 11 heteroatoms. The highest BCUT2D eigenvalue weighted by atomic mass is 16.6. The number of ketones is 2. The number of aromatic amines is 1. The van der Waals surface area contributed by atoms with Gasteiger partial charge in [0.2, 0.25) is 0 Å². The SMILES string of the molecule is CCCCCC1C(=O)C2=C3C(Cn4cc(Cc5cc(C6CCCCC6)cc(C6(O)CCOCC6)c5)c5[nH]cc(c54)CCC2(C)CC(O)C2OC2(C)C)C(O)C2C(C)(CCC4C(C)(CCNC)C(=O)CC5(CCC(O)C5)C42C)C31C. The number of epoxide rings is 1. The Bertz CT molecular complexity index is 2870. The van der Waals surface area contributed by atoms with Crippen molar-refractivity contribution in [3.8, 4) is 0 Å².